The Bertz CT molecular complexity index is 614. The number of rotatable bonds is 3. The Morgan fingerprint density at radius 3 is 2.37 bits per heavy atom. The summed E-state index contributed by atoms with van der Waals surface area (Å²) in [5.74, 6) is 1.74. The van der Waals surface area contributed by atoms with E-state index in [0.717, 1.165) is 28.5 Å². The fraction of sp³-hybridized carbons (Fsp3) is 0.400. The van der Waals surface area contributed by atoms with Gasteiger partial charge in [-0.3, -0.25) is 0 Å². The third-order valence-corrected chi connectivity index (χ3v) is 3.73. The first kappa shape index (κ1) is 13.6. The second-order valence-electron chi connectivity index (χ2n) is 4.86. The molecule has 102 valence electrons. The lowest BCUT2D eigenvalue weighted by atomic mass is 10.0. The van der Waals surface area contributed by atoms with Gasteiger partial charge in [-0.05, 0) is 44.0 Å². The molecule has 4 heteroatoms. The highest BCUT2D eigenvalue weighted by atomic mass is 16.5. The number of methoxy groups -OCH3 is 1. The lowest BCUT2D eigenvalue weighted by molar-refractivity contribution is 0.416. The minimum atomic E-state index is 0.435. The lowest BCUT2D eigenvalue weighted by Crippen LogP contribution is -2.05. The molecule has 0 saturated carbocycles. The Morgan fingerprint density at radius 1 is 1.21 bits per heavy atom. The molecule has 2 aromatic rings. The molecule has 0 radical (unpaired) electrons. The molecule has 0 aliphatic carbocycles. The van der Waals surface area contributed by atoms with Gasteiger partial charge < -0.3 is 15.0 Å². The van der Waals surface area contributed by atoms with Gasteiger partial charge in [-0.1, -0.05) is 0 Å². The zero-order valence-corrected chi connectivity index (χ0v) is 12.2. The van der Waals surface area contributed by atoms with Crippen LogP contribution >= 0.6 is 0 Å². The summed E-state index contributed by atoms with van der Waals surface area (Å²) in [5.41, 5.74) is 11.2. The van der Waals surface area contributed by atoms with Gasteiger partial charge in [-0.15, -0.1) is 0 Å². The molecule has 0 atom stereocenters. The number of imidazole rings is 1. The van der Waals surface area contributed by atoms with Crippen LogP contribution in [-0.2, 0) is 13.6 Å². The van der Waals surface area contributed by atoms with Gasteiger partial charge in [0.05, 0.1) is 19.3 Å². The molecule has 1 aromatic heterocycles. The quantitative estimate of drug-likeness (QED) is 0.921. The Hall–Kier alpha value is -1.81. The smallest absolute Gasteiger partial charge is 0.128 e. The summed E-state index contributed by atoms with van der Waals surface area (Å²) in [5, 5.41) is 0. The summed E-state index contributed by atoms with van der Waals surface area (Å²) < 4.78 is 7.52. The second-order valence-corrected chi connectivity index (χ2v) is 4.86. The monoisotopic (exact) mass is 259 g/mol. The maximum Gasteiger partial charge on any atom is 0.128 e. The topological polar surface area (TPSA) is 53.1 Å². The fourth-order valence-corrected chi connectivity index (χ4v) is 2.22. The Morgan fingerprint density at radius 2 is 1.84 bits per heavy atom. The van der Waals surface area contributed by atoms with E-state index in [1.165, 1.54) is 11.1 Å². The maximum absolute atomic E-state index is 5.72. The normalized spacial score (nSPS) is 10.8. The Kier molecular flexibility index (Phi) is 3.62. The third-order valence-electron chi connectivity index (χ3n) is 3.73. The van der Waals surface area contributed by atoms with Gasteiger partial charge in [0.1, 0.15) is 11.6 Å². The second kappa shape index (κ2) is 5.05. The molecule has 1 aromatic carbocycles. The standard InChI is InChI=1S/C15H21N3O/c1-9-6-12(13(19-5)7-10(9)2)15-11(3)18(4)14(8-16)17-15/h6-7H,8,16H2,1-5H3. The van der Waals surface area contributed by atoms with Crippen LogP contribution in [0.5, 0.6) is 5.75 Å². The minimum Gasteiger partial charge on any atom is -0.496 e. The summed E-state index contributed by atoms with van der Waals surface area (Å²) in [6.45, 7) is 6.67. The number of aryl methyl sites for hydroxylation is 2. The van der Waals surface area contributed by atoms with Crippen molar-refractivity contribution in [2.75, 3.05) is 7.11 Å². The largest absolute Gasteiger partial charge is 0.496 e. The van der Waals surface area contributed by atoms with E-state index in [4.69, 9.17) is 10.5 Å². The zero-order chi connectivity index (χ0) is 14.2. The van der Waals surface area contributed by atoms with Gasteiger partial charge in [0, 0.05) is 18.3 Å². The van der Waals surface area contributed by atoms with E-state index in [1.54, 1.807) is 7.11 Å². The summed E-state index contributed by atoms with van der Waals surface area (Å²) in [4.78, 5) is 4.64. The minimum absolute atomic E-state index is 0.435. The third kappa shape index (κ3) is 2.24. The van der Waals surface area contributed by atoms with Crippen LogP contribution in [0.25, 0.3) is 11.3 Å². The first-order valence-electron chi connectivity index (χ1n) is 6.37. The van der Waals surface area contributed by atoms with Crippen molar-refractivity contribution in [3.8, 4) is 17.0 Å². The molecular formula is C15H21N3O. The van der Waals surface area contributed by atoms with Crippen molar-refractivity contribution < 1.29 is 4.74 Å². The van der Waals surface area contributed by atoms with Crippen LogP contribution in [0.2, 0.25) is 0 Å². The molecule has 0 unspecified atom stereocenters. The van der Waals surface area contributed by atoms with Crippen LogP contribution in [-0.4, -0.2) is 16.7 Å². The Balaban J connectivity index is 2.68. The number of nitrogens with zero attached hydrogens (tertiary/aromatic N) is 2. The molecule has 0 aliphatic heterocycles. The molecule has 1 heterocycles. The van der Waals surface area contributed by atoms with Gasteiger partial charge >= 0.3 is 0 Å². The SMILES string of the molecule is COc1cc(C)c(C)cc1-c1nc(CN)n(C)c1C. The molecule has 0 spiro atoms. The van der Waals surface area contributed by atoms with Crippen LogP contribution < -0.4 is 10.5 Å². The van der Waals surface area contributed by atoms with E-state index in [0.29, 0.717) is 6.54 Å². The van der Waals surface area contributed by atoms with Gasteiger partial charge in [0.2, 0.25) is 0 Å². The van der Waals surface area contributed by atoms with Crippen molar-refractivity contribution in [1.82, 2.24) is 9.55 Å². The molecule has 0 aliphatic rings. The van der Waals surface area contributed by atoms with Crippen LogP contribution in [0.3, 0.4) is 0 Å². The molecule has 0 saturated heterocycles. The number of hydrogen-bond donors (Lipinski definition) is 1. The van der Waals surface area contributed by atoms with E-state index < -0.39 is 0 Å². The van der Waals surface area contributed by atoms with Crippen molar-refractivity contribution in [3.05, 3.63) is 34.8 Å². The van der Waals surface area contributed by atoms with Gasteiger partial charge in [0.15, 0.2) is 0 Å². The zero-order valence-electron chi connectivity index (χ0n) is 12.2. The summed E-state index contributed by atoms with van der Waals surface area (Å²) in [6.07, 6.45) is 0. The van der Waals surface area contributed by atoms with Crippen molar-refractivity contribution in [3.63, 3.8) is 0 Å². The predicted octanol–water partition coefficient (Wildman–Crippen LogP) is 2.48. The maximum atomic E-state index is 5.72. The molecule has 2 N–H and O–H groups in total. The summed E-state index contributed by atoms with van der Waals surface area (Å²) in [6, 6.07) is 4.19. The molecule has 4 nitrogen and oxygen atoms in total. The molecule has 0 fully saturated rings. The highest BCUT2D eigenvalue weighted by Gasteiger charge is 2.16. The predicted molar refractivity (Wildman–Crippen MR) is 77.3 cm³/mol. The number of hydrogen-bond acceptors (Lipinski definition) is 3. The number of nitrogens with two attached hydrogens (primary N) is 1. The van der Waals surface area contributed by atoms with Crippen molar-refractivity contribution >= 4 is 0 Å². The summed E-state index contributed by atoms with van der Waals surface area (Å²) >= 11 is 0. The van der Waals surface area contributed by atoms with E-state index in [9.17, 15) is 0 Å². The Labute approximate surface area is 114 Å². The molecule has 0 amide bonds. The highest BCUT2D eigenvalue weighted by Crippen LogP contribution is 2.33. The number of ether oxygens (including phenoxy) is 1. The highest BCUT2D eigenvalue weighted by molar-refractivity contribution is 5.71. The van der Waals surface area contributed by atoms with Crippen LogP contribution in [0, 0.1) is 20.8 Å². The molecule has 0 bridgehead atoms. The first-order chi connectivity index (χ1) is 8.99. The van der Waals surface area contributed by atoms with Gasteiger partial charge in [0.25, 0.3) is 0 Å². The molecule has 2 rings (SSSR count). The lowest BCUT2D eigenvalue weighted by Gasteiger charge is -2.11. The number of benzene rings is 1. The van der Waals surface area contributed by atoms with Gasteiger partial charge in [-0.25, -0.2) is 4.98 Å². The first-order valence-corrected chi connectivity index (χ1v) is 6.37. The number of aromatic nitrogens is 2. The molecular weight excluding hydrogens is 238 g/mol. The van der Waals surface area contributed by atoms with E-state index in [2.05, 4.69) is 37.9 Å². The van der Waals surface area contributed by atoms with E-state index in [1.807, 2.05) is 11.6 Å². The average molecular weight is 259 g/mol. The van der Waals surface area contributed by atoms with Crippen molar-refractivity contribution in [2.24, 2.45) is 12.8 Å². The van der Waals surface area contributed by atoms with Crippen molar-refractivity contribution in [2.45, 2.75) is 27.3 Å². The van der Waals surface area contributed by atoms with Gasteiger partial charge in [-0.2, -0.15) is 0 Å². The van der Waals surface area contributed by atoms with Crippen LogP contribution in [0.1, 0.15) is 22.6 Å². The summed E-state index contributed by atoms with van der Waals surface area (Å²) in [7, 11) is 3.68. The average Bonchev–Trinajstić information content (AvgIpc) is 2.69. The van der Waals surface area contributed by atoms with E-state index >= 15 is 0 Å². The molecule has 19 heavy (non-hydrogen) atoms. The fourth-order valence-electron chi connectivity index (χ4n) is 2.22. The van der Waals surface area contributed by atoms with E-state index in [-0.39, 0.29) is 0 Å². The van der Waals surface area contributed by atoms with Crippen LogP contribution in [0.15, 0.2) is 12.1 Å². The van der Waals surface area contributed by atoms with Crippen LogP contribution in [0.4, 0.5) is 0 Å². The van der Waals surface area contributed by atoms with Crippen molar-refractivity contribution in [1.29, 1.82) is 0 Å².